The molecule has 2 aromatic heterocycles. The zero-order valence-corrected chi connectivity index (χ0v) is 19.1. The van der Waals surface area contributed by atoms with Crippen molar-refractivity contribution in [3.63, 3.8) is 0 Å². The Hall–Kier alpha value is -3.20. The van der Waals surface area contributed by atoms with Crippen LogP contribution in [0, 0.1) is 12.7 Å². The lowest BCUT2D eigenvalue weighted by atomic mass is 9.99. The number of carbonyl (C=O) groups excluding carboxylic acids is 1. The van der Waals surface area contributed by atoms with Crippen LogP contribution < -0.4 is 15.8 Å². The molecule has 170 valence electrons. The maximum absolute atomic E-state index is 15.1. The van der Waals surface area contributed by atoms with Crippen molar-refractivity contribution in [1.82, 2.24) is 15.2 Å². The highest BCUT2D eigenvalue weighted by atomic mass is 35.5. The van der Waals surface area contributed by atoms with Crippen molar-refractivity contribution in [2.24, 2.45) is 0 Å². The van der Waals surface area contributed by atoms with E-state index in [1.165, 1.54) is 32.0 Å². The Bertz CT molecular complexity index is 1150. The molecule has 0 fully saturated rings. The van der Waals surface area contributed by atoms with Crippen molar-refractivity contribution >= 4 is 29.0 Å². The normalized spacial score (nSPS) is 11.7. The molecule has 0 spiro atoms. The summed E-state index contributed by atoms with van der Waals surface area (Å²) in [5, 5.41) is 9.23. The maximum Gasteiger partial charge on any atom is 0.259 e. The number of nitrogens with one attached hydrogen (secondary N) is 2. The molecule has 0 aliphatic heterocycles. The Morgan fingerprint density at radius 3 is 2.53 bits per heavy atom. The molecule has 3 aromatic rings. The number of hydrogen-bond donors (Lipinski definition) is 3. The number of anilines is 2. The Morgan fingerprint density at radius 1 is 1.31 bits per heavy atom. The molecule has 7 nitrogen and oxygen atoms in total. The van der Waals surface area contributed by atoms with Gasteiger partial charge in [0, 0.05) is 11.1 Å². The molecule has 0 radical (unpaired) electrons. The number of halogens is 3. The highest BCUT2D eigenvalue weighted by Gasteiger charge is 2.25. The lowest BCUT2D eigenvalue weighted by Gasteiger charge is -2.18. The van der Waals surface area contributed by atoms with E-state index in [1.54, 1.807) is 20.8 Å². The minimum atomic E-state index is -1.70. The number of aryl methyl sites for hydroxylation is 1. The standard InChI is InChI=1S/C22H24ClF2N5O2/c1-10(2)32-17-9-12(16-7-6-14(20(26)27-16)22(4,5)25)15(24)8-13(17)21(31)28-18-11(3)29-30-19(18)23/h6-10H,1-5H3,(H2,26,27)(H,28,31)(H,29,30). The van der Waals surface area contributed by atoms with Crippen LogP contribution in [0.15, 0.2) is 24.3 Å². The van der Waals surface area contributed by atoms with E-state index in [0.29, 0.717) is 5.69 Å². The number of nitrogens with two attached hydrogens (primary N) is 1. The number of pyridine rings is 1. The Kier molecular flexibility index (Phi) is 6.41. The zero-order valence-electron chi connectivity index (χ0n) is 18.3. The second-order valence-corrected chi connectivity index (χ2v) is 8.43. The monoisotopic (exact) mass is 463 g/mol. The van der Waals surface area contributed by atoms with Gasteiger partial charge >= 0.3 is 0 Å². The average molecular weight is 464 g/mol. The van der Waals surface area contributed by atoms with Crippen LogP contribution >= 0.6 is 11.6 Å². The first-order valence-electron chi connectivity index (χ1n) is 9.86. The van der Waals surface area contributed by atoms with Crippen LogP contribution in [0.2, 0.25) is 5.15 Å². The van der Waals surface area contributed by atoms with Crippen LogP contribution in [0.3, 0.4) is 0 Å². The molecule has 0 atom stereocenters. The summed E-state index contributed by atoms with van der Waals surface area (Å²) in [7, 11) is 0. The number of nitrogens with zero attached hydrogens (tertiary/aromatic N) is 2. The summed E-state index contributed by atoms with van der Waals surface area (Å²) in [4.78, 5) is 17.1. The van der Waals surface area contributed by atoms with Gasteiger partial charge in [-0.1, -0.05) is 11.6 Å². The molecule has 0 unspecified atom stereocenters. The van der Waals surface area contributed by atoms with Crippen molar-refractivity contribution in [2.75, 3.05) is 11.1 Å². The highest BCUT2D eigenvalue weighted by Crippen LogP contribution is 2.35. The van der Waals surface area contributed by atoms with Crippen LogP contribution in [0.1, 0.15) is 49.3 Å². The number of nitrogen functional groups attached to an aromatic ring is 1. The van der Waals surface area contributed by atoms with E-state index in [0.717, 1.165) is 6.07 Å². The van der Waals surface area contributed by atoms with Crippen LogP contribution in [-0.4, -0.2) is 27.2 Å². The highest BCUT2D eigenvalue weighted by molar-refractivity contribution is 6.33. The summed E-state index contributed by atoms with van der Waals surface area (Å²) < 4.78 is 35.1. The van der Waals surface area contributed by atoms with E-state index >= 15 is 4.39 Å². The molecule has 0 saturated heterocycles. The van der Waals surface area contributed by atoms with E-state index < -0.39 is 17.4 Å². The molecule has 3 rings (SSSR count). The Labute approximate surface area is 189 Å². The van der Waals surface area contributed by atoms with Gasteiger partial charge in [-0.3, -0.25) is 9.89 Å². The summed E-state index contributed by atoms with van der Waals surface area (Å²) in [6, 6.07) is 5.36. The number of rotatable bonds is 6. The van der Waals surface area contributed by atoms with Gasteiger partial charge in [0.05, 0.1) is 23.1 Å². The van der Waals surface area contributed by atoms with Gasteiger partial charge in [0.2, 0.25) is 0 Å². The van der Waals surface area contributed by atoms with E-state index in [9.17, 15) is 9.18 Å². The number of benzene rings is 1. The van der Waals surface area contributed by atoms with E-state index in [-0.39, 0.29) is 50.9 Å². The number of alkyl halides is 1. The van der Waals surface area contributed by atoms with Gasteiger partial charge in [-0.05, 0) is 58.9 Å². The predicted octanol–water partition coefficient (Wildman–Crippen LogP) is 5.40. The molecule has 1 amide bonds. The molecule has 1 aromatic carbocycles. The van der Waals surface area contributed by atoms with Crippen LogP contribution in [-0.2, 0) is 5.67 Å². The van der Waals surface area contributed by atoms with E-state index in [1.807, 2.05) is 0 Å². The Balaban J connectivity index is 2.06. The predicted molar refractivity (Wildman–Crippen MR) is 120 cm³/mol. The van der Waals surface area contributed by atoms with Gasteiger partial charge in [-0.2, -0.15) is 5.10 Å². The van der Waals surface area contributed by atoms with Gasteiger partial charge in [0.15, 0.2) is 0 Å². The molecule has 32 heavy (non-hydrogen) atoms. The van der Waals surface area contributed by atoms with Gasteiger partial charge in [-0.25, -0.2) is 13.8 Å². The van der Waals surface area contributed by atoms with Crippen molar-refractivity contribution in [3.05, 3.63) is 52.1 Å². The summed E-state index contributed by atoms with van der Waals surface area (Å²) in [5.74, 6) is -1.26. The van der Waals surface area contributed by atoms with Gasteiger partial charge in [-0.15, -0.1) is 0 Å². The number of amides is 1. The lowest BCUT2D eigenvalue weighted by molar-refractivity contribution is 0.102. The summed E-state index contributed by atoms with van der Waals surface area (Å²) in [6.45, 7) is 7.92. The quantitative estimate of drug-likeness (QED) is 0.454. The Morgan fingerprint density at radius 2 is 2.00 bits per heavy atom. The minimum Gasteiger partial charge on any atom is -0.490 e. The fraction of sp³-hybridized carbons (Fsp3) is 0.318. The van der Waals surface area contributed by atoms with Gasteiger partial charge in [0.25, 0.3) is 5.91 Å². The molecule has 10 heteroatoms. The second-order valence-electron chi connectivity index (χ2n) is 8.05. The van der Waals surface area contributed by atoms with Crippen LogP contribution in [0.5, 0.6) is 5.75 Å². The second kappa shape index (κ2) is 8.74. The summed E-state index contributed by atoms with van der Waals surface area (Å²) >= 11 is 6.01. The van der Waals surface area contributed by atoms with Crippen molar-refractivity contribution in [2.45, 2.75) is 46.4 Å². The first kappa shape index (κ1) is 23.5. The third-order valence-electron chi connectivity index (χ3n) is 4.66. The van der Waals surface area contributed by atoms with Crippen LogP contribution in [0.25, 0.3) is 11.3 Å². The first-order valence-corrected chi connectivity index (χ1v) is 10.2. The number of ether oxygens (including phenoxy) is 1. The van der Waals surface area contributed by atoms with Gasteiger partial charge in [0.1, 0.15) is 33.9 Å². The topological polar surface area (TPSA) is 106 Å². The zero-order chi connectivity index (χ0) is 23.8. The fourth-order valence-corrected chi connectivity index (χ4v) is 3.36. The minimum absolute atomic E-state index is 0.0360. The molecular formula is C22H24ClF2N5O2. The number of H-pyrrole nitrogens is 1. The molecule has 4 N–H and O–H groups in total. The summed E-state index contributed by atoms with van der Waals surface area (Å²) in [6.07, 6.45) is -0.299. The number of hydrogen-bond acceptors (Lipinski definition) is 5. The van der Waals surface area contributed by atoms with Crippen LogP contribution in [0.4, 0.5) is 20.3 Å². The smallest absolute Gasteiger partial charge is 0.259 e. The van der Waals surface area contributed by atoms with E-state index in [2.05, 4.69) is 20.5 Å². The molecule has 2 heterocycles. The molecular weight excluding hydrogens is 440 g/mol. The maximum atomic E-state index is 15.1. The summed E-state index contributed by atoms with van der Waals surface area (Å²) in [5.41, 5.74) is 5.37. The number of aromatic nitrogens is 3. The van der Waals surface area contributed by atoms with E-state index in [4.69, 9.17) is 22.1 Å². The van der Waals surface area contributed by atoms with Gasteiger partial charge < -0.3 is 15.8 Å². The first-order chi connectivity index (χ1) is 14.9. The third-order valence-corrected chi connectivity index (χ3v) is 4.93. The molecule has 0 aliphatic carbocycles. The average Bonchev–Trinajstić information content (AvgIpc) is 2.99. The SMILES string of the molecule is Cc1n[nH]c(Cl)c1NC(=O)c1cc(F)c(-c2ccc(C(C)(C)F)c(N)n2)cc1OC(C)C. The number of carbonyl (C=O) groups is 1. The fourth-order valence-electron chi connectivity index (χ4n) is 3.14. The molecule has 0 saturated carbocycles. The van der Waals surface area contributed by atoms with Crippen molar-refractivity contribution in [3.8, 4) is 17.0 Å². The lowest BCUT2D eigenvalue weighted by Crippen LogP contribution is -2.17. The van der Waals surface area contributed by atoms with Crippen molar-refractivity contribution in [1.29, 1.82) is 0 Å². The van der Waals surface area contributed by atoms with Crippen molar-refractivity contribution < 1.29 is 18.3 Å². The molecule has 0 aliphatic rings. The number of aromatic amines is 1. The largest absolute Gasteiger partial charge is 0.490 e. The molecule has 0 bridgehead atoms. The third kappa shape index (κ3) is 4.83.